The fraction of sp³-hybridized carbons (Fsp3) is 0.500. The summed E-state index contributed by atoms with van der Waals surface area (Å²) in [6.45, 7) is 5.78. The van der Waals surface area contributed by atoms with Gasteiger partial charge in [0.2, 0.25) is 0 Å². The second-order valence-corrected chi connectivity index (χ2v) is 7.16. The molecule has 0 saturated heterocycles. The Balaban J connectivity index is 2.86. The number of methoxy groups -OCH3 is 1. The van der Waals surface area contributed by atoms with Crippen LogP contribution in [0.3, 0.4) is 0 Å². The van der Waals surface area contributed by atoms with Crippen molar-refractivity contribution in [2.45, 2.75) is 30.4 Å². The molecule has 1 aromatic rings. The van der Waals surface area contributed by atoms with Crippen LogP contribution in [0.1, 0.15) is 31.2 Å². The molecule has 0 unspecified atom stereocenters. The van der Waals surface area contributed by atoms with E-state index in [2.05, 4.69) is 31.9 Å². The van der Waals surface area contributed by atoms with Crippen LogP contribution in [0.4, 0.5) is 0 Å². The Morgan fingerprint density at radius 2 is 1.67 bits per heavy atom. The molecule has 0 radical (unpaired) electrons. The minimum atomic E-state index is -0.355. The van der Waals surface area contributed by atoms with Crippen LogP contribution in [-0.2, 0) is 4.79 Å². The first-order chi connectivity index (χ1) is 8.27. The largest absolute Gasteiger partial charge is 0.497 e. The molecule has 0 bridgehead atoms. The van der Waals surface area contributed by atoms with E-state index >= 15 is 0 Å². The molecule has 2 nitrogen and oxygen atoms in total. The van der Waals surface area contributed by atoms with Crippen molar-refractivity contribution in [1.29, 1.82) is 0 Å². The number of alkyl halides is 2. The van der Waals surface area contributed by atoms with E-state index in [1.54, 1.807) is 7.11 Å². The molecule has 1 aromatic carbocycles. The Bertz CT molecular complexity index is 407. The van der Waals surface area contributed by atoms with E-state index in [4.69, 9.17) is 4.74 Å². The fourth-order valence-corrected chi connectivity index (χ4v) is 3.04. The molecule has 0 aliphatic carbocycles. The number of rotatable bonds is 4. The maximum absolute atomic E-state index is 12.2. The van der Waals surface area contributed by atoms with Crippen LogP contribution >= 0.6 is 31.9 Å². The van der Waals surface area contributed by atoms with Crippen molar-refractivity contribution in [3.63, 3.8) is 0 Å². The van der Waals surface area contributed by atoms with Crippen LogP contribution in [0, 0.1) is 5.41 Å². The molecule has 0 heterocycles. The third-order valence-corrected chi connectivity index (χ3v) is 5.39. The van der Waals surface area contributed by atoms with Gasteiger partial charge in [0.1, 0.15) is 5.75 Å². The lowest BCUT2D eigenvalue weighted by atomic mass is 9.87. The highest BCUT2D eigenvalue weighted by Gasteiger charge is 2.32. The monoisotopic (exact) mass is 376 g/mol. The number of halogens is 2. The van der Waals surface area contributed by atoms with Gasteiger partial charge in [-0.1, -0.05) is 64.8 Å². The highest BCUT2D eigenvalue weighted by Crippen LogP contribution is 2.36. The van der Waals surface area contributed by atoms with E-state index in [1.807, 2.05) is 45.0 Å². The van der Waals surface area contributed by atoms with Gasteiger partial charge < -0.3 is 4.74 Å². The van der Waals surface area contributed by atoms with Crippen LogP contribution < -0.4 is 4.74 Å². The molecule has 0 saturated carbocycles. The van der Waals surface area contributed by atoms with Crippen LogP contribution in [-0.4, -0.2) is 17.7 Å². The molecule has 0 spiro atoms. The Morgan fingerprint density at radius 1 is 1.17 bits per heavy atom. The molecule has 2 atom stereocenters. The third kappa shape index (κ3) is 3.82. The van der Waals surface area contributed by atoms with Crippen LogP contribution in [0.2, 0.25) is 0 Å². The van der Waals surface area contributed by atoms with Gasteiger partial charge >= 0.3 is 0 Å². The first-order valence-electron chi connectivity index (χ1n) is 5.73. The molecule has 0 aromatic heterocycles. The SMILES string of the molecule is COc1ccc([C@H](Br)[C@@H](Br)C(=O)C(C)(C)C)cc1. The summed E-state index contributed by atoms with van der Waals surface area (Å²) in [5.41, 5.74) is 0.697. The molecule has 4 heteroatoms. The molecule has 0 aliphatic heterocycles. The third-order valence-electron chi connectivity index (χ3n) is 2.68. The average Bonchev–Trinajstić information content (AvgIpc) is 2.35. The van der Waals surface area contributed by atoms with Crippen molar-refractivity contribution in [2.24, 2.45) is 5.41 Å². The first kappa shape index (κ1) is 15.7. The number of hydrogen-bond donors (Lipinski definition) is 0. The Morgan fingerprint density at radius 3 is 2.06 bits per heavy atom. The number of ketones is 1. The van der Waals surface area contributed by atoms with Gasteiger partial charge in [-0.15, -0.1) is 0 Å². The van der Waals surface area contributed by atoms with E-state index in [0.29, 0.717) is 0 Å². The van der Waals surface area contributed by atoms with Crippen LogP contribution in [0.25, 0.3) is 0 Å². The summed E-state index contributed by atoms with van der Waals surface area (Å²) in [7, 11) is 1.64. The number of ether oxygens (including phenoxy) is 1. The molecule has 0 aliphatic rings. The first-order valence-corrected chi connectivity index (χ1v) is 7.57. The van der Waals surface area contributed by atoms with E-state index in [-0.39, 0.29) is 20.9 Å². The van der Waals surface area contributed by atoms with Crippen molar-refractivity contribution in [1.82, 2.24) is 0 Å². The van der Waals surface area contributed by atoms with E-state index in [0.717, 1.165) is 11.3 Å². The molecule has 100 valence electrons. The van der Waals surface area contributed by atoms with E-state index < -0.39 is 0 Å². The van der Waals surface area contributed by atoms with Gasteiger partial charge in [-0.3, -0.25) is 4.79 Å². The summed E-state index contributed by atoms with van der Waals surface area (Å²) in [5.74, 6) is 0.993. The molecule has 0 amide bonds. The summed E-state index contributed by atoms with van der Waals surface area (Å²) in [6, 6.07) is 7.71. The number of benzene rings is 1. The smallest absolute Gasteiger partial charge is 0.153 e. The second-order valence-electron chi connectivity index (χ2n) is 5.19. The predicted octanol–water partition coefficient (Wildman–Crippen LogP) is 4.51. The topological polar surface area (TPSA) is 26.3 Å². The molecular weight excluding hydrogens is 360 g/mol. The minimum absolute atomic E-state index is 0.0462. The zero-order valence-electron chi connectivity index (χ0n) is 11.0. The van der Waals surface area contributed by atoms with Gasteiger partial charge in [0.15, 0.2) is 5.78 Å². The molecular formula is C14H18Br2O2. The molecule has 0 N–H and O–H groups in total. The van der Waals surface area contributed by atoms with Crippen LogP contribution in [0.5, 0.6) is 5.75 Å². The lowest BCUT2D eigenvalue weighted by molar-refractivity contribution is -0.125. The van der Waals surface area contributed by atoms with E-state index in [9.17, 15) is 4.79 Å². The predicted molar refractivity (Wildman–Crippen MR) is 81.8 cm³/mol. The van der Waals surface area contributed by atoms with Gasteiger partial charge in [-0.05, 0) is 17.7 Å². The Hall–Kier alpha value is -0.350. The molecule has 0 fully saturated rings. The van der Waals surface area contributed by atoms with Crippen molar-refractivity contribution >= 4 is 37.6 Å². The van der Waals surface area contributed by atoms with Gasteiger partial charge in [0.05, 0.1) is 16.8 Å². The van der Waals surface area contributed by atoms with Crippen molar-refractivity contribution in [3.8, 4) is 5.75 Å². The standard InChI is InChI=1S/C14H18Br2O2/c1-14(2,3)13(17)12(16)11(15)9-5-7-10(18-4)8-6-9/h5-8,11-12H,1-4H3/t11-,12+/m0/s1. The molecule has 1 rings (SSSR count). The van der Waals surface area contributed by atoms with Crippen molar-refractivity contribution in [3.05, 3.63) is 29.8 Å². The summed E-state index contributed by atoms with van der Waals surface area (Å²) >= 11 is 7.07. The summed E-state index contributed by atoms with van der Waals surface area (Å²) in [6.07, 6.45) is 0. The summed E-state index contributed by atoms with van der Waals surface area (Å²) in [5, 5.41) is 0. The van der Waals surface area contributed by atoms with E-state index in [1.165, 1.54) is 0 Å². The normalized spacial score (nSPS) is 15.0. The van der Waals surface area contributed by atoms with Crippen molar-refractivity contribution < 1.29 is 9.53 Å². The highest BCUT2D eigenvalue weighted by molar-refractivity contribution is 9.12. The zero-order valence-corrected chi connectivity index (χ0v) is 14.2. The lowest BCUT2D eigenvalue weighted by Crippen LogP contribution is -2.31. The highest BCUT2D eigenvalue weighted by atomic mass is 79.9. The second kappa shape index (κ2) is 6.20. The number of Topliss-reactive ketones (excluding diaryl/α,β-unsaturated/α-hetero) is 1. The van der Waals surface area contributed by atoms with Gasteiger partial charge in [0.25, 0.3) is 0 Å². The quantitative estimate of drug-likeness (QED) is 0.721. The number of hydrogen-bond acceptors (Lipinski definition) is 2. The maximum atomic E-state index is 12.2. The fourth-order valence-electron chi connectivity index (χ4n) is 1.50. The van der Waals surface area contributed by atoms with Crippen molar-refractivity contribution in [2.75, 3.05) is 7.11 Å². The maximum Gasteiger partial charge on any atom is 0.153 e. The Kier molecular flexibility index (Phi) is 5.41. The minimum Gasteiger partial charge on any atom is -0.497 e. The van der Waals surface area contributed by atoms with Gasteiger partial charge in [-0.25, -0.2) is 0 Å². The summed E-state index contributed by atoms with van der Waals surface area (Å²) in [4.78, 5) is 11.9. The average molecular weight is 378 g/mol. The lowest BCUT2D eigenvalue weighted by Gasteiger charge is -2.24. The Labute approximate surface area is 125 Å². The van der Waals surface area contributed by atoms with Gasteiger partial charge in [0, 0.05) is 5.41 Å². The number of carbonyl (C=O) groups is 1. The summed E-state index contributed by atoms with van der Waals surface area (Å²) < 4.78 is 5.12. The molecule has 18 heavy (non-hydrogen) atoms. The number of carbonyl (C=O) groups excluding carboxylic acids is 1. The van der Waals surface area contributed by atoms with Crippen LogP contribution in [0.15, 0.2) is 24.3 Å². The zero-order chi connectivity index (χ0) is 13.9. The van der Waals surface area contributed by atoms with Gasteiger partial charge in [-0.2, -0.15) is 0 Å².